The molecule has 0 saturated heterocycles. The summed E-state index contributed by atoms with van der Waals surface area (Å²) in [6.07, 6.45) is 0. The van der Waals surface area contributed by atoms with Gasteiger partial charge in [-0.2, -0.15) is 0 Å². The van der Waals surface area contributed by atoms with E-state index in [9.17, 15) is 0 Å². The minimum atomic E-state index is 0.686. The molecule has 0 aliphatic heterocycles. The lowest BCUT2D eigenvalue weighted by Gasteiger charge is -2.10. The van der Waals surface area contributed by atoms with E-state index in [1.807, 2.05) is 42.5 Å². The molecule has 5 heteroatoms. The standard InChI is InChI=1S/C16H17ClINO2/c1-20-9-8-19-11-12-6-7-13(10-14(12)17)21-16-5-3-2-4-15(16)18/h2-7,10,19H,8-9,11H2,1H3. The molecule has 0 spiro atoms. The van der Waals surface area contributed by atoms with Crippen LogP contribution in [0.5, 0.6) is 11.5 Å². The zero-order valence-corrected chi connectivity index (χ0v) is 14.6. The smallest absolute Gasteiger partial charge is 0.140 e. The molecule has 3 nitrogen and oxygen atoms in total. The summed E-state index contributed by atoms with van der Waals surface area (Å²) >= 11 is 8.54. The van der Waals surface area contributed by atoms with Crippen LogP contribution in [0.3, 0.4) is 0 Å². The van der Waals surface area contributed by atoms with E-state index in [1.165, 1.54) is 0 Å². The fourth-order valence-electron chi connectivity index (χ4n) is 1.79. The summed E-state index contributed by atoms with van der Waals surface area (Å²) in [6, 6.07) is 13.6. The average Bonchev–Trinajstić information content (AvgIpc) is 2.48. The van der Waals surface area contributed by atoms with Gasteiger partial charge in [-0.15, -0.1) is 0 Å². The van der Waals surface area contributed by atoms with Crippen LogP contribution in [0.25, 0.3) is 0 Å². The molecule has 0 aliphatic rings. The van der Waals surface area contributed by atoms with Crippen LogP contribution in [0.4, 0.5) is 0 Å². The first-order chi connectivity index (χ1) is 10.2. The number of hydrogen-bond acceptors (Lipinski definition) is 3. The zero-order chi connectivity index (χ0) is 15.1. The molecule has 0 fully saturated rings. The third kappa shape index (κ3) is 5.14. The van der Waals surface area contributed by atoms with Gasteiger partial charge in [-0.05, 0) is 52.4 Å². The highest BCUT2D eigenvalue weighted by atomic mass is 127. The van der Waals surface area contributed by atoms with Crippen molar-refractivity contribution in [3.8, 4) is 11.5 Å². The highest BCUT2D eigenvalue weighted by Gasteiger charge is 2.05. The summed E-state index contributed by atoms with van der Waals surface area (Å²) in [5, 5.41) is 3.97. The topological polar surface area (TPSA) is 30.5 Å². The second kappa shape index (κ2) is 8.58. The number of benzene rings is 2. The van der Waals surface area contributed by atoms with Crippen LogP contribution in [0.15, 0.2) is 42.5 Å². The van der Waals surface area contributed by atoms with Gasteiger partial charge < -0.3 is 14.8 Å². The summed E-state index contributed by atoms with van der Waals surface area (Å²) in [6.45, 7) is 2.20. The third-order valence-corrected chi connectivity index (χ3v) is 4.13. The van der Waals surface area contributed by atoms with Crippen molar-refractivity contribution in [2.45, 2.75) is 6.54 Å². The van der Waals surface area contributed by atoms with Gasteiger partial charge in [0.2, 0.25) is 0 Å². The molecule has 0 amide bonds. The van der Waals surface area contributed by atoms with Crippen molar-refractivity contribution in [2.75, 3.05) is 20.3 Å². The molecule has 0 unspecified atom stereocenters. The van der Waals surface area contributed by atoms with Crippen LogP contribution in [-0.4, -0.2) is 20.3 Å². The van der Waals surface area contributed by atoms with Gasteiger partial charge >= 0.3 is 0 Å². The Morgan fingerprint density at radius 3 is 2.71 bits per heavy atom. The Bertz CT molecular complexity index is 592. The molecule has 0 saturated carbocycles. The van der Waals surface area contributed by atoms with Crippen molar-refractivity contribution in [3.05, 3.63) is 56.6 Å². The molecule has 2 rings (SSSR count). The lowest BCUT2D eigenvalue weighted by molar-refractivity contribution is 0.199. The van der Waals surface area contributed by atoms with Gasteiger partial charge in [-0.3, -0.25) is 0 Å². The first-order valence-electron chi connectivity index (χ1n) is 6.61. The first kappa shape index (κ1) is 16.5. The number of ether oxygens (including phenoxy) is 2. The van der Waals surface area contributed by atoms with Gasteiger partial charge in [0.05, 0.1) is 10.2 Å². The molecule has 1 N–H and O–H groups in total. The van der Waals surface area contributed by atoms with Crippen LogP contribution < -0.4 is 10.1 Å². The normalized spacial score (nSPS) is 10.6. The van der Waals surface area contributed by atoms with E-state index >= 15 is 0 Å². The van der Waals surface area contributed by atoms with Crippen LogP contribution in [0.1, 0.15) is 5.56 Å². The van der Waals surface area contributed by atoms with Gasteiger partial charge in [0.15, 0.2) is 0 Å². The fourth-order valence-corrected chi connectivity index (χ4v) is 2.52. The minimum absolute atomic E-state index is 0.686. The second-order valence-electron chi connectivity index (χ2n) is 4.46. The zero-order valence-electron chi connectivity index (χ0n) is 11.7. The SMILES string of the molecule is COCCNCc1ccc(Oc2ccccc2I)cc1Cl. The monoisotopic (exact) mass is 417 g/mol. The highest BCUT2D eigenvalue weighted by Crippen LogP contribution is 2.29. The first-order valence-corrected chi connectivity index (χ1v) is 8.07. The van der Waals surface area contributed by atoms with E-state index in [4.69, 9.17) is 21.1 Å². The fraction of sp³-hybridized carbons (Fsp3) is 0.250. The van der Waals surface area contributed by atoms with Crippen molar-refractivity contribution < 1.29 is 9.47 Å². The number of methoxy groups -OCH3 is 1. The van der Waals surface area contributed by atoms with Gasteiger partial charge in [-0.25, -0.2) is 0 Å². The lowest BCUT2D eigenvalue weighted by atomic mass is 10.2. The maximum atomic E-state index is 6.30. The quantitative estimate of drug-likeness (QED) is 0.532. The van der Waals surface area contributed by atoms with Gasteiger partial charge in [0, 0.05) is 25.2 Å². The van der Waals surface area contributed by atoms with Crippen LogP contribution in [-0.2, 0) is 11.3 Å². The highest BCUT2D eigenvalue weighted by molar-refractivity contribution is 14.1. The minimum Gasteiger partial charge on any atom is -0.456 e. The van der Waals surface area contributed by atoms with Crippen molar-refractivity contribution in [1.29, 1.82) is 0 Å². The van der Waals surface area contributed by atoms with Gasteiger partial charge in [0.25, 0.3) is 0 Å². The summed E-state index contributed by atoms with van der Waals surface area (Å²) in [5.74, 6) is 1.57. The Labute approximate surface area is 143 Å². The third-order valence-electron chi connectivity index (χ3n) is 2.89. The van der Waals surface area contributed by atoms with Crippen molar-refractivity contribution >= 4 is 34.2 Å². The van der Waals surface area contributed by atoms with Gasteiger partial charge in [-0.1, -0.05) is 29.8 Å². The Balaban J connectivity index is 2.00. The van der Waals surface area contributed by atoms with E-state index in [0.717, 1.165) is 27.2 Å². The molecule has 0 atom stereocenters. The second-order valence-corrected chi connectivity index (χ2v) is 6.02. The van der Waals surface area contributed by atoms with Crippen molar-refractivity contribution in [3.63, 3.8) is 0 Å². The molecule has 2 aromatic rings. The molecular weight excluding hydrogens is 401 g/mol. The summed E-state index contributed by atoms with van der Waals surface area (Å²) in [7, 11) is 1.69. The molecule has 2 aromatic carbocycles. The number of halogens is 2. The molecular formula is C16H17ClINO2. The Kier molecular flexibility index (Phi) is 6.76. The Morgan fingerprint density at radius 1 is 1.19 bits per heavy atom. The molecule has 112 valence electrons. The summed E-state index contributed by atoms with van der Waals surface area (Å²) < 4.78 is 11.9. The summed E-state index contributed by atoms with van der Waals surface area (Å²) in [4.78, 5) is 0. The maximum absolute atomic E-state index is 6.30. The molecule has 21 heavy (non-hydrogen) atoms. The van der Waals surface area contributed by atoms with E-state index in [0.29, 0.717) is 18.2 Å². The Hall–Kier alpha value is -0.820. The number of rotatable bonds is 7. The van der Waals surface area contributed by atoms with E-state index in [-0.39, 0.29) is 0 Å². The molecule has 0 radical (unpaired) electrons. The number of nitrogens with one attached hydrogen (secondary N) is 1. The molecule has 0 bridgehead atoms. The van der Waals surface area contributed by atoms with Gasteiger partial charge in [0.1, 0.15) is 11.5 Å². The number of hydrogen-bond donors (Lipinski definition) is 1. The van der Waals surface area contributed by atoms with Crippen LogP contribution in [0.2, 0.25) is 5.02 Å². The largest absolute Gasteiger partial charge is 0.456 e. The summed E-state index contributed by atoms with van der Waals surface area (Å²) in [5.41, 5.74) is 1.04. The van der Waals surface area contributed by atoms with Crippen LogP contribution >= 0.6 is 34.2 Å². The molecule has 0 aliphatic carbocycles. The van der Waals surface area contributed by atoms with Crippen molar-refractivity contribution in [2.24, 2.45) is 0 Å². The van der Waals surface area contributed by atoms with E-state index in [1.54, 1.807) is 7.11 Å². The molecule has 0 aromatic heterocycles. The lowest BCUT2D eigenvalue weighted by Crippen LogP contribution is -2.18. The average molecular weight is 418 g/mol. The van der Waals surface area contributed by atoms with E-state index in [2.05, 4.69) is 27.9 Å². The predicted molar refractivity (Wildman–Crippen MR) is 94.3 cm³/mol. The van der Waals surface area contributed by atoms with Crippen LogP contribution in [0, 0.1) is 3.57 Å². The van der Waals surface area contributed by atoms with E-state index < -0.39 is 0 Å². The predicted octanol–water partition coefficient (Wildman–Crippen LogP) is 4.47. The van der Waals surface area contributed by atoms with Crippen molar-refractivity contribution in [1.82, 2.24) is 5.32 Å². The maximum Gasteiger partial charge on any atom is 0.140 e. The number of para-hydroxylation sites is 1. The molecule has 0 heterocycles. The Morgan fingerprint density at radius 2 is 2.00 bits per heavy atom.